The lowest BCUT2D eigenvalue weighted by molar-refractivity contribution is -0.147. The molecule has 0 aromatic carbocycles. The van der Waals surface area contributed by atoms with E-state index in [2.05, 4.69) is 4.98 Å². The van der Waals surface area contributed by atoms with Crippen molar-refractivity contribution in [3.05, 3.63) is 28.2 Å². The number of carbonyl (C=O) groups excluding carboxylic acids is 1. The Morgan fingerprint density at radius 1 is 1.39 bits per heavy atom. The molecule has 0 amide bonds. The highest BCUT2D eigenvalue weighted by Gasteiger charge is 2.48. The van der Waals surface area contributed by atoms with Crippen LogP contribution < -0.4 is 0 Å². The molecule has 5 atom stereocenters. The van der Waals surface area contributed by atoms with Crippen LogP contribution in [0.5, 0.6) is 0 Å². The fourth-order valence-electron chi connectivity index (χ4n) is 4.51. The predicted octanol–water partition coefficient (Wildman–Crippen LogP) is 5.40. The second-order valence-corrected chi connectivity index (χ2v) is 9.21. The number of aromatic nitrogens is 1. The van der Waals surface area contributed by atoms with Gasteiger partial charge in [-0.3, -0.25) is 4.79 Å². The van der Waals surface area contributed by atoms with Gasteiger partial charge in [-0.1, -0.05) is 25.8 Å². The van der Waals surface area contributed by atoms with Gasteiger partial charge >= 0.3 is 11.9 Å². The number of carbonyl (C=O) groups is 2. The van der Waals surface area contributed by atoms with Crippen LogP contribution in [0.1, 0.15) is 80.4 Å². The first-order chi connectivity index (χ1) is 14.7. The Morgan fingerprint density at radius 3 is 2.81 bits per heavy atom. The number of halogens is 2. The molecule has 1 saturated heterocycles. The average molecular weight is 458 g/mol. The number of carboxylic acid groups (broad SMARTS) is 1. The second kappa shape index (κ2) is 10.2. The maximum atomic E-state index is 14.3. The predicted molar refractivity (Wildman–Crippen MR) is 111 cm³/mol. The largest absolute Gasteiger partial charge is 0.476 e. The van der Waals surface area contributed by atoms with Crippen molar-refractivity contribution in [3.8, 4) is 0 Å². The summed E-state index contributed by atoms with van der Waals surface area (Å²) in [6, 6.07) is 0. The van der Waals surface area contributed by atoms with Crippen LogP contribution in [-0.4, -0.2) is 40.2 Å². The molecule has 1 aromatic heterocycles. The molecule has 0 spiro atoms. The number of nitrogens with zero attached hydrogens (tertiary/aromatic N) is 1. The van der Waals surface area contributed by atoms with E-state index in [9.17, 15) is 18.4 Å². The van der Waals surface area contributed by atoms with Gasteiger partial charge in [-0.25, -0.2) is 18.6 Å². The lowest BCUT2D eigenvalue weighted by atomic mass is 9.86. The third kappa shape index (κ3) is 6.10. The highest BCUT2D eigenvalue weighted by Crippen LogP contribution is 2.47. The van der Waals surface area contributed by atoms with E-state index in [4.69, 9.17) is 14.6 Å². The zero-order chi connectivity index (χ0) is 22.6. The first-order valence-electron chi connectivity index (χ1n) is 10.8. The molecule has 0 bridgehead atoms. The topological polar surface area (TPSA) is 85.7 Å². The summed E-state index contributed by atoms with van der Waals surface area (Å²) < 4.78 is 40.2. The van der Waals surface area contributed by atoms with Crippen molar-refractivity contribution in [2.75, 3.05) is 0 Å². The van der Waals surface area contributed by atoms with E-state index >= 15 is 0 Å². The molecule has 31 heavy (non-hydrogen) atoms. The van der Waals surface area contributed by atoms with Gasteiger partial charge in [-0.15, -0.1) is 11.3 Å². The van der Waals surface area contributed by atoms with Crippen LogP contribution in [0, 0.1) is 11.8 Å². The Labute approximate surface area is 184 Å². The van der Waals surface area contributed by atoms with E-state index in [-0.39, 0.29) is 36.2 Å². The second-order valence-electron chi connectivity index (χ2n) is 8.32. The van der Waals surface area contributed by atoms with Crippen molar-refractivity contribution >= 4 is 23.3 Å². The minimum atomic E-state index is -2.89. The molecular weight excluding hydrogens is 428 g/mol. The number of hydrogen-bond acceptors (Lipinski definition) is 6. The van der Waals surface area contributed by atoms with Gasteiger partial charge in [0, 0.05) is 31.1 Å². The van der Waals surface area contributed by atoms with E-state index < -0.39 is 24.0 Å². The summed E-state index contributed by atoms with van der Waals surface area (Å²) in [4.78, 5) is 26.8. The molecule has 6 nitrogen and oxygen atoms in total. The van der Waals surface area contributed by atoms with E-state index in [0.717, 1.165) is 18.9 Å². The van der Waals surface area contributed by atoms with Crippen LogP contribution in [0.25, 0.3) is 0 Å². The summed E-state index contributed by atoms with van der Waals surface area (Å²) in [5.74, 6) is -4.79. The molecule has 3 rings (SSSR count). The smallest absolute Gasteiger partial charge is 0.355 e. The Kier molecular flexibility index (Phi) is 7.80. The molecule has 9 heteroatoms. The highest BCUT2D eigenvalue weighted by molar-refractivity contribution is 7.09. The molecule has 1 aromatic rings. The Balaban J connectivity index is 1.70. The van der Waals surface area contributed by atoms with Gasteiger partial charge in [0.1, 0.15) is 17.2 Å². The zero-order valence-electron chi connectivity index (χ0n) is 17.8. The van der Waals surface area contributed by atoms with Crippen molar-refractivity contribution in [1.29, 1.82) is 0 Å². The first-order valence-corrected chi connectivity index (χ1v) is 11.7. The summed E-state index contributed by atoms with van der Waals surface area (Å²) >= 11 is 1.24. The third-order valence-corrected chi connectivity index (χ3v) is 6.91. The SMILES string of the molecule is CCCCCC(F)(F)/C=C/[C@@H]1[C@H]2CC[C@H](c3nc(C(=O)O)cs3)O[C@H]2C[C@H]1OC(C)=O. The number of carboxylic acids is 1. The van der Waals surface area contributed by atoms with Crippen LogP contribution in [-0.2, 0) is 14.3 Å². The molecule has 172 valence electrons. The van der Waals surface area contributed by atoms with E-state index in [1.165, 1.54) is 29.7 Å². The number of alkyl halides is 2. The van der Waals surface area contributed by atoms with E-state index in [1.807, 2.05) is 6.92 Å². The molecule has 1 N–H and O–H groups in total. The lowest BCUT2D eigenvalue weighted by Gasteiger charge is -2.33. The molecule has 1 aliphatic carbocycles. The van der Waals surface area contributed by atoms with Gasteiger partial charge in [0.15, 0.2) is 5.69 Å². The summed E-state index contributed by atoms with van der Waals surface area (Å²) in [5, 5.41) is 11.2. The summed E-state index contributed by atoms with van der Waals surface area (Å²) in [5.41, 5.74) is -0.0129. The highest BCUT2D eigenvalue weighted by atomic mass is 32.1. The summed E-state index contributed by atoms with van der Waals surface area (Å²) in [6.07, 6.45) is 5.03. The van der Waals surface area contributed by atoms with Crippen molar-refractivity contribution < 1.29 is 33.0 Å². The minimum Gasteiger partial charge on any atom is -0.476 e. The molecule has 0 unspecified atom stereocenters. The number of thiazole rings is 1. The molecule has 1 saturated carbocycles. The monoisotopic (exact) mass is 457 g/mol. The van der Waals surface area contributed by atoms with Crippen molar-refractivity contribution in [2.24, 2.45) is 11.8 Å². The molecule has 1 aliphatic heterocycles. The van der Waals surface area contributed by atoms with Crippen molar-refractivity contribution in [2.45, 2.75) is 83.0 Å². The number of hydrogen-bond donors (Lipinski definition) is 1. The third-order valence-electron chi connectivity index (χ3n) is 5.98. The first kappa shape index (κ1) is 23.8. The summed E-state index contributed by atoms with van der Waals surface area (Å²) in [6.45, 7) is 3.29. The van der Waals surface area contributed by atoms with Crippen molar-refractivity contribution in [1.82, 2.24) is 4.98 Å². The fraction of sp³-hybridized carbons (Fsp3) is 0.682. The van der Waals surface area contributed by atoms with Crippen LogP contribution in [0.15, 0.2) is 17.5 Å². The lowest BCUT2D eigenvalue weighted by Crippen LogP contribution is -2.30. The van der Waals surface area contributed by atoms with Gasteiger partial charge in [0.2, 0.25) is 0 Å². The quantitative estimate of drug-likeness (QED) is 0.304. The number of allylic oxidation sites excluding steroid dienone is 1. The Morgan fingerprint density at radius 2 is 2.16 bits per heavy atom. The number of rotatable bonds is 9. The van der Waals surface area contributed by atoms with Gasteiger partial charge in [-0.2, -0.15) is 0 Å². The van der Waals surface area contributed by atoms with Crippen LogP contribution in [0.2, 0.25) is 0 Å². The Bertz CT molecular complexity index is 812. The minimum absolute atomic E-state index is 0.0129. The van der Waals surface area contributed by atoms with Gasteiger partial charge in [-0.05, 0) is 31.3 Å². The number of fused-ring (bicyclic) bond motifs is 1. The van der Waals surface area contributed by atoms with Gasteiger partial charge in [0.05, 0.1) is 6.10 Å². The molecule has 2 heterocycles. The molecule has 2 aliphatic rings. The standard InChI is InChI=1S/C22H29F2NO5S/c1-3-4-5-9-22(23,24)10-8-15-14-6-7-17(20-25-16(12-31-20)21(27)28)30-19(14)11-18(15)29-13(2)26/h8,10,12,14-15,17-19H,3-7,9,11H2,1-2H3,(H,27,28)/b10-8+/t14-,15-,17-,18-,19+/m1/s1. The molecular formula is C22H29F2NO5S. The normalized spacial score (nSPS) is 28.6. The number of esters is 1. The maximum Gasteiger partial charge on any atom is 0.355 e. The maximum absolute atomic E-state index is 14.3. The molecule has 0 radical (unpaired) electrons. The number of aromatic carboxylic acids is 1. The van der Waals surface area contributed by atoms with Crippen LogP contribution in [0.3, 0.4) is 0 Å². The number of ether oxygens (including phenoxy) is 2. The van der Waals surface area contributed by atoms with E-state index in [1.54, 1.807) is 0 Å². The molecule has 2 fully saturated rings. The van der Waals surface area contributed by atoms with E-state index in [0.29, 0.717) is 30.7 Å². The summed E-state index contributed by atoms with van der Waals surface area (Å²) in [7, 11) is 0. The average Bonchev–Trinajstić information content (AvgIpc) is 3.30. The van der Waals surface area contributed by atoms with Crippen LogP contribution >= 0.6 is 11.3 Å². The Hall–Kier alpha value is -1.87. The van der Waals surface area contributed by atoms with Gasteiger partial charge in [0.25, 0.3) is 5.92 Å². The van der Waals surface area contributed by atoms with Crippen LogP contribution in [0.4, 0.5) is 8.78 Å². The van der Waals surface area contributed by atoms with Gasteiger partial charge < -0.3 is 14.6 Å². The fourth-order valence-corrected chi connectivity index (χ4v) is 5.37. The number of unbranched alkanes of at least 4 members (excludes halogenated alkanes) is 2. The van der Waals surface area contributed by atoms with Crippen molar-refractivity contribution in [3.63, 3.8) is 0 Å². The zero-order valence-corrected chi connectivity index (χ0v) is 18.6.